The Morgan fingerprint density at radius 1 is 1.11 bits per heavy atom. The molecule has 0 aromatic heterocycles. The van der Waals surface area contributed by atoms with Crippen LogP contribution in [0, 0.1) is 0 Å². The van der Waals surface area contributed by atoms with Gasteiger partial charge in [0.2, 0.25) is 0 Å². The van der Waals surface area contributed by atoms with Crippen molar-refractivity contribution in [3.05, 3.63) is 24.8 Å². The SMILES string of the molecule is C=C(C)C(=O)OCCOC(=O)CO.C=CC(=O)OCC(=O)OCC1CCCO1. The van der Waals surface area contributed by atoms with Crippen LogP contribution in [0.5, 0.6) is 0 Å². The molecular formula is C18H26O10. The van der Waals surface area contributed by atoms with E-state index in [0.717, 1.165) is 18.9 Å². The van der Waals surface area contributed by atoms with Crippen molar-refractivity contribution >= 4 is 23.9 Å². The first-order chi connectivity index (χ1) is 13.3. The zero-order valence-corrected chi connectivity index (χ0v) is 15.8. The Bertz CT molecular complexity index is 549. The van der Waals surface area contributed by atoms with Crippen molar-refractivity contribution < 1.29 is 48.0 Å². The molecular weight excluding hydrogens is 376 g/mol. The van der Waals surface area contributed by atoms with Gasteiger partial charge in [0.1, 0.15) is 26.4 Å². The summed E-state index contributed by atoms with van der Waals surface area (Å²) < 4.78 is 23.6. The van der Waals surface area contributed by atoms with Crippen LogP contribution < -0.4 is 0 Å². The second-order valence-corrected chi connectivity index (χ2v) is 5.42. The molecule has 1 saturated heterocycles. The predicted molar refractivity (Wildman–Crippen MR) is 94.9 cm³/mol. The lowest BCUT2D eigenvalue weighted by Crippen LogP contribution is -2.21. The molecule has 0 saturated carbocycles. The summed E-state index contributed by atoms with van der Waals surface area (Å²) in [6, 6.07) is 0. The van der Waals surface area contributed by atoms with Crippen molar-refractivity contribution in [2.45, 2.75) is 25.9 Å². The molecule has 1 aliphatic rings. The lowest BCUT2D eigenvalue weighted by atomic mass is 10.2. The molecule has 1 atom stereocenters. The Morgan fingerprint density at radius 2 is 1.79 bits per heavy atom. The summed E-state index contributed by atoms with van der Waals surface area (Å²) >= 11 is 0. The number of esters is 4. The second kappa shape index (κ2) is 15.3. The highest BCUT2D eigenvalue weighted by Gasteiger charge is 2.17. The summed E-state index contributed by atoms with van der Waals surface area (Å²) in [5, 5.41) is 8.24. The molecule has 0 aliphatic carbocycles. The van der Waals surface area contributed by atoms with Gasteiger partial charge in [0, 0.05) is 18.3 Å². The van der Waals surface area contributed by atoms with Gasteiger partial charge in [-0.15, -0.1) is 0 Å². The minimum absolute atomic E-state index is 0.0101. The maximum Gasteiger partial charge on any atom is 0.344 e. The first-order valence-corrected chi connectivity index (χ1v) is 8.45. The minimum atomic E-state index is -0.744. The molecule has 10 heteroatoms. The first-order valence-electron chi connectivity index (χ1n) is 8.45. The molecule has 158 valence electrons. The Hall–Kier alpha value is -2.72. The van der Waals surface area contributed by atoms with Crippen molar-refractivity contribution in [1.29, 1.82) is 0 Å². The number of ether oxygens (including phenoxy) is 5. The van der Waals surface area contributed by atoms with Crippen LogP contribution in [0.1, 0.15) is 19.8 Å². The van der Waals surface area contributed by atoms with Crippen LogP contribution in [0.3, 0.4) is 0 Å². The van der Waals surface area contributed by atoms with Crippen LogP contribution in [0.15, 0.2) is 24.8 Å². The Balaban J connectivity index is 0.000000528. The quantitative estimate of drug-likeness (QED) is 0.232. The van der Waals surface area contributed by atoms with Gasteiger partial charge in [0.05, 0.1) is 6.10 Å². The number of hydrogen-bond acceptors (Lipinski definition) is 10. The molecule has 1 unspecified atom stereocenters. The van der Waals surface area contributed by atoms with E-state index in [1.54, 1.807) is 0 Å². The van der Waals surface area contributed by atoms with E-state index in [9.17, 15) is 19.2 Å². The van der Waals surface area contributed by atoms with E-state index in [0.29, 0.717) is 6.61 Å². The zero-order valence-electron chi connectivity index (χ0n) is 15.8. The van der Waals surface area contributed by atoms with E-state index < -0.39 is 30.5 Å². The molecule has 1 aliphatic heterocycles. The first kappa shape index (κ1) is 25.3. The molecule has 0 amide bonds. The van der Waals surface area contributed by atoms with Crippen molar-refractivity contribution in [2.24, 2.45) is 0 Å². The van der Waals surface area contributed by atoms with Gasteiger partial charge in [-0.1, -0.05) is 13.2 Å². The topological polar surface area (TPSA) is 135 Å². The van der Waals surface area contributed by atoms with E-state index >= 15 is 0 Å². The summed E-state index contributed by atoms with van der Waals surface area (Å²) in [6.45, 7) is 7.89. The summed E-state index contributed by atoms with van der Waals surface area (Å²) in [5.74, 6) is -2.48. The van der Waals surface area contributed by atoms with Crippen LogP contribution in [-0.4, -0.2) is 74.7 Å². The standard InChI is InChI=1S/C10H14O5.C8H12O5/c1-2-9(11)15-7-10(12)14-6-8-4-3-5-13-8;1-6(2)8(11)13-4-3-12-7(10)5-9/h2,8H,1,3-7H2;9H,1,3-5H2,2H3. The van der Waals surface area contributed by atoms with Crippen LogP contribution >= 0.6 is 0 Å². The molecule has 0 radical (unpaired) electrons. The third-order valence-electron chi connectivity index (χ3n) is 3.01. The van der Waals surface area contributed by atoms with E-state index in [1.807, 2.05) is 0 Å². The van der Waals surface area contributed by atoms with Crippen LogP contribution in [0.2, 0.25) is 0 Å². The normalized spacial score (nSPS) is 14.7. The van der Waals surface area contributed by atoms with Gasteiger partial charge in [-0.3, -0.25) is 0 Å². The van der Waals surface area contributed by atoms with Gasteiger partial charge in [-0.05, 0) is 19.8 Å². The Morgan fingerprint density at radius 3 is 2.32 bits per heavy atom. The monoisotopic (exact) mass is 402 g/mol. The molecule has 28 heavy (non-hydrogen) atoms. The number of carbonyl (C=O) groups is 4. The number of aliphatic hydroxyl groups excluding tert-OH is 1. The van der Waals surface area contributed by atoms with Crippen LogP contribution in [-0.2, 0) is 42.9 Å². The average Bonchev–Trinajstić information content (AvgIpc) is 3.21. The van der Waals surface area contributed by atoms with E-state index in [2.05, 4.69) is 27.4 Å². The fourth-order valence-electron chi connectivity index (χ4n) is 1.65. The van der Waals surface area contributed by atoms with Gasteiger partial charge in [0.15, 0.2) is 6.61 Å². The molecule has 0 bridgehead atoms. The summed E-state index contributed by atoms with van der Waals surface area (Å²) in [6.07, 6.45) is 2.88. The van der Waals surface area contributed by atoms with Gasteiger partial charge in [-0.25, -0.2) is 19.2 Å². The lowest BCUT2D eigenvalue weighted by molar-refractivity contribution is -0.158. The van der Waals surface area contributed by atoms with Gasteiger partial charge < -0.3 is 28.8 Å². The summed E-state index contributed by atoms with van der Waals surface area (Å²) in [4.78, 5) is 42.7. The van der Waals surface area contributed by atoms with Crippen molar-refractivity contribution in [2.75, 3.05) is 39.6 Å². The van der Waals surface area contributed by atoms with Crippen LogP contribution in [0.25, 0.3) is 0 Å². The molecule has 0 spiro atoms. The van der Waals surface area contributed by atoms with Crippen molar-refractivity contribution in [3.63, 3.8) is 0 Å². The highest BCUT2D eigenvalue weighted by molar-refractivity contribution is 5.86. The van der Waals surface area contributed by atoms with E-state index in [1.165, 1.54) is 6.92 Å². The molecule has 0 aromatic rings. The average molecular weight is 402 g/mol. The maximum atomic E-state index is 11.0. The smallest absolute Gasteiger partial charge is 0.344 e. The van der Waals surface area contributed by atoms with Gasteiger partial charge in [0.25, 0.3) is 0 Å². The summed E-state index contributed by atoms with van der Waals surface area (Å²) in [7, 11) is 0. The molecule has 0 aromatic carbocycles. The maximum absolute atomic E-state index is 11.0. The molecule has 1 heterocycles. The molecule has 1 N–H and O–H groups in total. The Labute approximate surface area is 163 Å². The predicted octanol–water partition coefficient (Wildman–Crippen LogP) is 0.0790. The van der Waals surface area contributed by atoms with E-state index in [4.69, 9.17) is 14.6 Å². The molecule has 10 nitrogen and oxygen atoms in total. The largest absolute Gasteiger partial charge is 0.460 e. The fourth-order valence-corrected chi connectivity index (χ4v) is 1.65. The highest BCUT2D eigenvalue weighted by atomic mass is 16.6. The van der Waals surface area contributed by atoms with Gasteiger partial charge in [-0.2, -0.15) is 0 Å². The Kier molecular flexibility index (Phi) is 13.9. The fraction of sp³-hybridized carbons (Fsp3) is 0.556. The number of aliphatic hydroxyl groups is 1. The van der Waals surface area contributed by atoms with E-state index in [-0.39, 0.29) is 38.1 Å². The number of carbonyl (C=O) groups excluding carboxylic acids is 4. The molecule has 1 fully saturated rings. The van der Waals surface area contributed by atoms with Gasteiger partial charge >= 0.3 is 23.9 Å². The zero-order chi connectivity index (χ0) is 21.4. The number of hydrogen-bond donors (Lipinski definition) is 1. The third kappa shape index (κ3) is 13.5. The summed E-state index contributed by atoms with van der Waals surface area (Å²) in [5.41, 5.74) is 0.286. The van der Waals surface area contributed by atoms with Crippen molar-refractivity contribution in [1.82, 2.24) is 0 Å². The third-order valence-corrected chi connectivity index (χ3v) is 3.01. The second-order valence-electron chi connectivity index (χ2n) is 5.42. The minimum Gasteiger partial charge on any atom is -0.460 e. The number of rotatable bonds is 10. The lowest BCUT2D eigenvalue weighted by Gasteiger charge is -2.09. The van der Waals surface area contributed by atoms with Crippen LogP contribution in [0.4, 0.5) is 0 Å². The molecule has 1 rings (SSSR count). The van der Waals surface area contributed by atoms with Crippen molar-refractivity contribution in [3.8, 4) is 0 Å². The highest BCUT2D eigenvalue weighted by Crippen LogP contribution is 2.11.